The van der Waals surface area contributed by atoms with E-state index in [0.717, 1.165) is 4.88 Å². The molecule has 4 heteroatoms. The lowest BCUT2D eigenvalue weighted by molar-refractivity contribution is 0.701. The zero-order chi connectivity index (χ0) is 12.3. The molecule has 17 heavy (non-hydrogen) atoms. The fourth-order valence-corrected chi connectivity index (χ4v) is 2.49. The van der Waals surface area contributed by atoms with Gasteiger partial charge in [-0.15, -0.1) is 5.10 Å². The summed E-state index contributed by atoms with van der Waals surface area (Å²) in [6.45, 7) is 4.41. The quantitative estimate of drug-likeness (QED) is 0.902. The molecule has 0 saturated carbocycles. The lowest BCUT2D eigenvalue weighted by Gasteiger charge is -2.15. The van der Waals surface area contributed by atoms with Crippen LogP contribution in [0.25, 0.3) is 0 Å². The van der Waals surface area contributed by atoms with Crippen molar-refractivity contribution in [3.8, 4) is 0 Å². The molecule has 0 bridgehead atoms. The van der Waals surface area contributed by atoms with Gasteiger partial charge in [0.1, 0.15) is 0 Å². The maximum absolute atomic E-state index is 3.91. The number of hydrogen-bond acceptors (Lipinski definition) is 4. The van der Waals surface area contributed by atoms with Gasteiger partial charge in [-0.1, -0.05) is 42.6 Å². The Balaban J connectivity index is 2.26. The van der Waals surface area contributed by atoms with E-state index in [1.807, 2.05) is 13.2 Å². The zero-order valence-electron chi connectivity index (χ0n) is 10.3. The highest BCUT2D eigenvalue weighted by molar-refractivity contribution is 7.05. The molecule has 90 valence electrons. The van der Waals surface area contributed by atoms with E-state index >= 15 is 0 Å². The highest BCUT2D eigenvalue weighted by Gasteiger charge is 2.14. The summed E-state index contributed by atoms with van der Waals surface area (Å²) in [4.78, 5) is 1.14. The first kappa shape index (κ1) is 12.2. The van der Waals surface area contributed by atoms with Gasteiger partial charge in [0.2, 0.25) is 0 Å². The van der Waals surface area contributed by atoms with Crippen molar-refractivity contribution in [1.29, 1.82) is 0 Å². The molecule has 2 aromatic rings. The second-order valence-electron chi connectivity index (χ2n) is 4.36. The highest BCUT2D eigenvalue weighted by Crippen LogP contribution is 2.25. The van der Waals surface area contributed by atoms with Gasteiger partial charge in [0.05, 0.1) is 17.1 Å². The van der Waals surface area contributed by atoms with Crippen LogP contribution >= 0.6 is 11.5 Å². The van der Waals surface area contributed by atoms with Crippen LogP contribution in [0, 0.1) is 0 Å². The Bertz CT molecular complexity index is 448. The summed E-state index contributed by atoms with van der Waals surface area (Å²) in [5, 5.41) is 7.19. The summed E-state index contributed by atoms with van der Waals surface area (Å²) in [5.74, 6) is 0.571. The van der Waals surface area contributed by atoms with Gasteiger partial charge in [0, 0.05) is 0 Å². The van der Waals surface area contributed by atoms with E-state index in [0.29, 0.717) is 5.92 Å². The molecule has 0 amide bonds. The molecule has 0 fully saturated rings. The van der Waals surface area contributed by atoms with Crippen molar-refractivity contribution in [2.24, 2.45) is 0 Å². The van der Waals surface area contributed by atoms with E-state index in [1.54, 1.807) is 0 Å². The Kier molecular flexibility index (Phi) is 3.86. The van der Waals surface area contributed by atoms with E-state index < -0.39 is 0 Å². The van der Waals surface area contributed by atoms with E-state index in [-0.39, 0.29) is 6.04 Å². The SMILES string of the molecule is CNC(c1ccc(C(C)C)cc1)c1cnns1. The molecule has 0 spiro atoms. The first-order valence-electron chi connectivity index (χ1n) is 5.76. The van der Waals surface area contributed by atoms with Crippen molar-refractivity contribution in [3.05, 3.63) is 46.5 Å². The molecule has 0 aliphatic heterocycles. The molecule has 1 aromatic heterocycles. The van der Waals surface area contributed by atoms with Gasteiger partial charge in [-0.2, -0.15) is 0 Å². The molecule has 0 aliphatic rings. The topological polar surface area (TPSA) is 37.8 Å². The highest BCUT2D eigenvalue weighted by atomic mass is 32.1. The van der Waals surface area contributed by atoms with Crippen LogP contribution in [0.1, 0.15) is 41.8 Å². The van der Waals surface area contributed by atoms with Crippen molar-refractivity contribution >= 4 is 11.5 Å². The zero-order valence-corrected chi connectivity index (χ0v) is 11.2. The standard InChI is InChI=1S/C13H17N3S/c1-9(2)10-4-6-11(7-5-10)13(14-3)12-8-15-16-17-12/h4-9,13-14H,1-3H3. The minimum Gasteiger partial charge on any atom is -0.309 e. The van der Waals surface area contributed by atoms with Crippen LogP contribution in [-0.4, -0.2) is 16.6 Å². The van der Waals surface area contributed by atoms with Gasteiger partial charge in [0.25, 0.3) is 0 Å². The fraction of sp³-hybridized carbons (Fsp3) is 0.385. The Labute approximate surface area is 106 Å². The summed E-state index contributed by atoms with van der Waals surface area (Å²) in [6, 6.07) is 8.93. The molecule has 0 aliphatic carbocycles. The molecule has 0 saturated heterocycles. The molecule has 3 nitrogen and oxygen atoms in total. The van der Waals surface area contributed by atoms with E-state index in [4.69, 9.17) is 0 Å². The summed E-state index contributed by atoms with van der Waals surface area (Å²) in [6.07, 6.45) is 1.82. The fourth-order valence-electron chi connectivity index (χ4n) is 1.85. The summed E-state index contributed by atoms with van der Waals surface area (Å²) < 4.78 is 3.91. The number of aromatic nitrogens is 2. The second-order valence-corrected chi connectivity index (χ2v) is 5.18. The van der Waals surface area contributed by atoms with E-state index in [1.165, 1.54) is 22.7 Å². The smallest absolute Gasteiger partial charge is 0.0701 e. The maximum atomic E-state index is 3.91. The Morgan fingerprint density at radius 3 is 2.24 bits per heavy atom. The molecule has 1 aromatic carbocycles. The van der Waals surface area contributed by atoms with Crippen LogP contribution in [0.15, 0.2) is 30.5 Å². The molecular formula is C13H17N3S. The van der Waals surface area contributed by atoms with Crippen LogP contribution in [-0.2, 0) is 0 Å². The third kappa shape index (κ3) is 2.70. The number of rotatable bonds is 4. The number of benzene rings is 1. The minimum absolute atomic E-state index is 0.191. The van der Waals surface area contributed by atoms with Gasteiger partial charge < -0.3 is 5.32 Å². The van der Waals surface area contributed by atoms with E-state index in [9.17, 15) is 0 Å². The monoisotopic (exact) mass is 247 g/mol. The first-order chi connectivity index (χ1) is 8.22. The molecule has 1 N–H and O–H groups in total. The average molecular weight is 247 g/mol. The minimum atomic E-state index is 0.191. The van der Waals surface area contributed by atoms with Crippen molar-refractivity contribution in [2.45, 2.75) is 25.8 Å². The molecule has 1 unspecified atom stereocenters. The largest absolute Gasteiger partial charge is 0.309 e. The third-order valence-corrected chi connectivity index (χ3v) is 3.62. The van der Waals surface area contributed by atoms with Crippen molar-refractivity contribution in [3.63, 3.8) is 0 Å². The summed E-state index contributed by atoms with van der Waals surface area (Å²) in [7, 11) is 1.96. The number of nitrogens with one attached hydrogen (secondary N) is 1. The summed E-state index contributed by atoms with van der Waals surface area (Å²) in [5.41, 5.74) is 2.62. The lowest BCUT2D eigenvalue weighted by atomic mass is 9.99. The molecular weight excluding hydrogens is 230 g/mol. The van der Waals surface area contributed by atoms with Crippen LogP contribution in [0.2, 0.25) is 0 Å². The Morgan fingerprint density at radius 1 is 1.12 bits per heavy atom. The van der Waals surface area contributed by atoms with Gasteiger partial charge in [-0.25, -0.2) is 0 Å². The van der Waals surface area contributed by atoms with Gasteiger partial charge >= 0.3 is 0 Å². The van der Waals surface area contributed by atoms with Crippen LogP contribution in [0.4, 0.5) is 0 Å². The Morgan fingerprint density at radius 2 is 1.76 bits per heavy atom. The number of nitrogens with zero attached hydrogens (tertiary/aromatic N) is 2. The van der Waals surface area contributed by atoms with Crippen LogP contribution in [0.5, 0.6) is 0 Å². The number of hydrogen-bond donors (Lipinski definition) is 1. The first-order valence-corrected chi connectivity index (χ1v) is 6.54. The maximum Gasteiger partial charge on any atom is 0.0701 e. The average Bonchev–Trinajstić information content (AvgIpc) is 2.84. The third-order valence-electron chi connectivity index (χ3n) is 2.89. The summed E-state index contributed by atoms with van der Waals surface area (Å²) >= 11 is 1.44. The predicted octanol–water partition coefficient (Wildman–Crippen LogP) is 2.97. The van der Waals surface area contributed by atoms with Gasteiger partial charge in [-0.05, 0) is 35.6 Å². The second kappa shape index (κ2) is 5.38. The molecule has 0 radical (unpaired) electrons. The predicted molar refractivity (Wildman–Crippen MR) is 71.3 cm³/mol. The lowest BCUT2D eigenvalue weighted by Crippen LogP contribution is -2.16. The normalized spacial score (nSPS) is 12.9. The molecule has 1 atom stereocenters. The van der Waals surface area contributed by atoms with Crippen LogP contribution in [0.3, 0.4) is 0 Å². The van der Waals surface area contributed by atoms with Gasteiger partial charge in [0.15, 0.2) is 0 Å². The van der Waals surface area contributed by atoms with Crippen LogP contribution < -0.4 is 5.32 Å². The van der Waals surface area contributed by atoms with E-state index in [2.05, 4.69) is 53.0 Å². The molecule has 1 heterocycles. The molecule has 2 rings (SSSR count). The van der Waals surface area contributed by atoms with Crippen molar-refractivity contribution < 1.29 is 0 Å². The van der Waals surface area contributed by atoms with Crippen molar-refractivity contribution in [1.82, 2.24) is 14.9 Å². The Hall–Kier alpha value is -1.26. The van der Waals surface area contributed by atoms with Gasteiger partial charge in [-0.3, -0.25) is 0 Å². The van der Waals surface area contributed by atoms with Crippen molar-refractivity contribution in [2.75, 3.05) is 7.05 Å².